The topological polar surface area (TPSA) is 32.8 Å². The van der Waals surface area contributed by atoms with Gasteiger partial charge in [0.15, 0.2) is 0 Å². The maximum Gasteiger partial charge on any atom is 0.416 e. The Labute approximate surface area is 151 Å². The molecule has 2 heterocycles. The molecule has 2 fully saturated rings. The van der Waals surface area contributed by atoms with Crippen LogP contribution < -0.4 is 0 Å². The van der Waals surface area contributed by atoms with E-state index in [0.717, 1.165) is 25.5 Å². The van der Waals surface area contributed by atoms with E-state index in [0.29, 0.717) is 51.3 Å². The number of alkyl halides is 3. The van der Waals surface area contributed by atoms with Crippen LogP contribution in [0, 0.1) is 5.92 Å². The van der Waals surface area contributed by atoms with Crippen LogP contribution in [0.25, 0.3) is 0 Å². The normalized spacial score (nSPS) is 21.7. The molecule has 2 saturated heterocycles. The zero-order valence-corrected chi connectivity index (χ0v) is 14.8. The molecule has 1 aromatic carbocycles. The van der Waals surface area contributed by atoms with Gasteiger partial charge in [-0.05, 0) is 43.2 Å². The highest BCUT2D eigenvalue weighted by molar-refractivity contribution is 5.74. The highest BCUT2D eigenvalue weighted by atomic mass is 19.4. The van der Waals surface area contributed by atoms with Gasteiger partial charge in [0.2, 0.25) is 0 Å². The number of benzene rings is 1. The van der Waals surface area contributed by atoms with E-state index < -0.39 is 11.7 Å². The third-order valence-corrected chi connectivity index (χ3v) is 5.22. The van der Waals surface area contributed by atoms with Crippen molar-refractivity contribution in [3.63, 3.8) is 0 Å². The number of carbonyl (C=O) groups is 1. The number of urea groups is 1. The molecule has 0 spiro atoms. The van der Waals surface area contributed by atoms with Crippen molar-refractivity contribution in [1.82, 2.24) is 9.80 Å². The highest BCUT2D eigenvalue weighted by Crippen LogP contribution is 2.33. The summed E-state index contributed by atoms with van der Waals surface area (Å²) in [4.78, 5) is 16.3. The summed E-state index contributed by atoms with van der Waals surface area (Å²) < 4.78 is 44.6. The number of halogens is 3. The Kier molecular flexibility index (Phi) is 6.06. The summed E-state index contributed by atoms with van der Waals surface area (Å²) in [5.41, 5.74) is -0.200. The number of hydrogen-bond acceptors (Lipinski definition) is 2. The van der Waals surface area contributed by atoms with Crippen LogP contribution in [0.3, 0.4) is 0 Å². The fourth-order valence-corrected chi connectivity index (χ4v) is 3.80. The lowest BCUT2D eigenvalue weighted by Gasteiger charge is -2.37. The third kappa shape index (κ3) is 4.69. The van der Waals surface area contributed by atoms with Gasteiger partial charge >= 0.3 is 12.2 Å². The lowest BCUT2D eigenvalue weighted by atomic mass is 9.90. The second-order valence-electron chi connectivity index (χ2n) is 7.03. The van der Waals surface area contributed by atoms with Crippen molar-refractivity contribution < 1.29 is 22.7 Å². The lowest BCUT2D eigenvalue weighted by molar-refractivity contribution is -0.138. The molecule has 0 saturated carbocycles. The molecule has 1 atom stereocenters. The van der Waals surface area contributed by atoms with Crippen LogP contribution in [-0.2, 0) is 17.3 Å². The Bertz CT molecular complexity index is 615. The molecule has 0 unspecified atom stereocenters. The van der Waals surface area contributed by atoms with Gasteiger partial charge in [0.1, 0.15) is 0 Å². The van der Waals surface area contributed by atoms with Crippen molar-refractivity contribution in [3.05, 3.63) is 35.4 Å². The quantitative estimate of drug-likeness (QED) is 0.811. The third-order valence-electron chi connectivity index (χ3n) is 5.22. The number of hydrogen-bond donors (Lipinski definition) is 0. The van der Waals surface area contributed by atoms with Crippen LogP contribution in [0.15, 0.2) is 24.3 Å². The van der Waals surface area contributed by atoms with E-state index in [2.05, 4.69) is 0 Å². The van der Waals surface area contributed by atoms with Crippen LogP contribution in [0.1, 0.15) is 30.4 Å². The molecule has 26 heavy (non-hydrogen) atoms. The minimum absolute atomic E-state index is 0.0358. The Hall–Kier alpha value is -1.76. The van der Waals surface area contributed by atoms with Gasteiger partial charge in [0.25, 0.3) is 0 Å². The first kappa shape index (κ1) is 19.0. The van der Waals surface area contributed by atoms with Crippen LogP contribution in [0.2, 0.25) is 0 Å². The SMILES string of the molecule is O=C(N1CCOCC1)N1CCC[C@H](CCc2ccccc2C(F)(F)F)C1. The lowest BCUT2D eigenvalue weighted by Crippen LogP contribution is -2.51. The molecule has 0 aliphatic carbocycles. The maximum absolute atomic E-state index is 13.1. The molecule has 0 radical (unpaired) electrons. The van der Waals surface area contributed by atoms with Gasteiger partial charge in [-0.3, -0.25) is 0 Å². The number of rotatable bonds is 3. The summed E-state index contributed by atoms with van der Waals surface area (Å²) in [5.74, 6) is 0.245. The number of likely N-dealkylation sites (tertiary alicyclic amines) is 1. The molecule has 0 bridgehead atoms. The van der Waals surface area contributed by atoms with Crippen molar-refractivity contribution >= 4 is 6.03 Å². The van der Waals surface area contributed by atoms with Gasteiger partial charge in [-0.1, -0.05) is 18.2 Å². The number of nitrogens with zero attached hydrogens (tertiary/aromatic N) is 2. The van der Waals surface area contributed by atoms with E-state index in [1.165, 1.54) is 6.07 Å². The molecule has 2 aliphatic rings. The molecular weight excluding hydrogens is 345 g/mol. The Morgan fingerprint density at radius 3 is 2.58 bits per heavy atom. The predicted molar refractivity (Wildman–Crippen MR) is 91.9 cm³/mol. The summed E-state index contributed by atoms with van der Waals surface area (Å²) in [7, 11) is 0. The van der Waals surface area contributed by atoms with Gasteiger partial charge in [0, 0.05) is 26.2 Å². The fraction of sp³-hybridized carbons (Fsp3) is 0.632. The summed E-state index contributed by atoms with van der Waals surface area (Å²) in [6.45, 7) is 3.71. The molecule has 2 amide bonds. The first-order chi connectivity index (χ1) is 12.4. The van der Waals surface area contributed by atoms with Crippen molar-refractivity contribution in [2.24, 2.45) is 5.92 Å². The van der Waals surface area contributed by atoms with Crippen LogP contribution in [0.4, 0.5) is 18.0 Å². The number of morpholine rings is 1. The average molecular weight is 370 g/mol. The molecule has 3 rings (SSSR count). The number of amides is 2. The molecular formula is C19H25F3N2O2. The van der Waals surface area contributed by atoms with E-state index >= 15 is 0 Å². The van der Waals surface area contributed by atoms with Crippen LogP contribution in [-0.4, -0.2) is 55.2 Å². The van der Waals surface area contributed by atoms with Crippen LogP contribution >= 0.6 is 0 Å². The second-order valence-corrected chi connectivity index (χ2v) is 7.03. The van der Waals surface area contributed by atoms with Crippen LogP contribution in [0.5, 0.6) is 0 Å². The van der Waals surface area contributed by atoms with Crippen molar-refractivity contribution in [3.8, 4) is 0 Å². The largest absolute Gasteiger partial charge is 0.416 e. The minimum Gasteiger partial charge on any atom is -0.378 e. The Morgan fingerprint density at radius 2 is 1.85 bits per heavy atom. The summed E-state index contributed by atoms with van der Waals surface area (Å²) in [6, 6.07) is 5.82. The number of carbonyl (C=O) groups excluding carboxylic acids is 1. The molecule has 4 nitrogen and oxygen atoms in total. The van der Waals surface area contributed by atoms with E-state index in [1.54, 1.807) is 12.1 Å². The molecule has 144 valence electrons. The van der Waals surface area contributed by atoms with Gasteiger partial charge in [-0.25, -0.2) is 4.79 Å². The van der Waals surface area contributed by atoms with Crippen molar-refractivity contribution in [1.29, 1.82) is 0 Å². The monoisotopic (exact) mass is 370 g/mol. The molecule has 0 aromatic heterocycles. The smallest absolute Gasteiger partial charge is 0.378 e. The van der Waals surface area contributed by atoms with E-state index in [4.69, 9.17) is 4.74 Å². The Balaban J connectivity index is 1.57. The van der Waals surface area contributed by atoms with E-state index in [1.807, 2.05) is 9.80 Å². The number of aryl methyl sites for hydroxylation is 1. The predicted octanol–water partition coefficient (Wildman–Crippen LogP) is 3.80. The first-order valence-corrected chi connectivity index (χ1v) is 9.22. The number of piperidine rings is 1. The van der Waals surface area contributed by atoms with Crippen molar-refractivity contribution in [2.45, 2.75) is 31.9 Å². The van der Waals surface area contributed by atoms with Gasteiger partial charge < -0.3 is 14.5 Å². The standard InChI is InChI=1S/C19H25F3N2O2/c20-19(21,22)17-6-2-1-5-16(17)8-7-15-4-3-9-24(14-15)18(25)23-10-12-26-13-11-23/h1-2,5-6,15H,3-4,7-14H2/t15-/m1/s1. The van der Waals surface area contributed by atoms with E-state index in [9.17, 15) is 18.0 Å². The molecule has 1 aromatic rings. The minimum atomic E-state index is -4.32. The summed E-state index contributed by atoms with van der Waals surface area (Å²) in [5, 5.41) is 0. The Morgan fingerprint density at radius 1 is 1.12 bits per heavy atom. The zero-order chi connectivity index (χ0) is 18.6. The molecule has 7 heteroatoms. The second kappa shape index (κ2) is 8.29. The van der Waals surface area contributed by atoms with Crippen molar-refractivity contribution in [2.75, 3.05) is 39.4 Å². The maximum atomic E-state index is 13.1. The van der Waals surface area contributed by atoms with E-state index in [-0.39, 0.29) is 11.9 Å². The number of ether oxygens (including phenoxy) is 1. The first-order valence-electron chi connectivity index (χ1n) is 9.22. The molecule has 0 N–H and O–H groups in total. The molecule has 2 aliphatic heterocycles. The van der Waals surface area contributed by atoms with Gasteiger partial charge in [-0.2, -0.15) is 13.2 Å². The summed E-state index contributed by atoms with van der Waals surface area (Å²) in [6.07, 6.45) is -1.40. The highest BCUT2D eigenvalue weighted by Gasteiger charge is 2.33. The fourth-order valence-electron chi connectivity index (χ4n) is 3.80. The van der Waals surface area contributed by atoms with Gasteiger partial charge in [-0.15, -0.1) is 0 Å². The zero-order valence-electron chi connectivity index (χ0n) is 14.8. The average Bonchev–Trinajstić information content (AvgIpc) is 2.66. The van der Waals surface area contributed by atoms with Gasteiger partial charge in [0.05, 0.1) is 18.8 Å². The summed E-state index contributed by atoms with van der Waals surface area (Å²) >= 11 is 0.